The Kier molecular flexibility index (Phi) is 3.59. The first-order valence-corrected chi connectivity index (χ1v) is 6.86. The van der Waals surface area contributed by atoms with E-state index in [0.717, 1.165) is 27.6 Å². The van der Waals surface area contributed by atoms with Crippen LogP contribution in [0.4, 0.5) is 0 Å². The third kappa shape index (κ3) is 2.60. The van der Waals surface area contributed by atoms with Gasteiger partial charge in [-0.3, -0.25) is 4.98 Å². The molecular formula is C18H17NO2. The van der Waals surface area contributed by atoms with Crippen LogP contribution in [0.15, 0.2) is 54.7 Å². The van der Waals surface area contributed by atoms with Crippen molar-refractivity contribution >= 4 is 10.9 Å². The van der Waals surface area contributed by atoms with E-state index in [4.69, 9.17) is 4.74 Å². The lowest BCUT2D eigenvalue weighted by Crippen LogP contribution is -2.03. The van der Waals surface area contributed by atoms with Crippen LogP contribution >= 0.6 is 0 Å². The molecule has 3 heteroatoms. The standard InChI is InChI=1S/C18H17NO2/c1-12-5-8-17(21-2)15(10-12)18(20)14-6-7-16-13(11-14)4-3-9-19-16/h3-11,18,20H,1-2H3. The first kappa shape index (κ1) is 13.6. The highest BCUT2D eigenvalue weighted by Gasteiger charge is 2.16. The molecule has 0 amide bonds. The molecule has 0 spiro atoms. The van der Waals surface area contributed by atoms with Crippen molar-refractivity contribution in [3.8, 4) is 5.75 Å². The number of benzene rings is 2. The van der Waals surface area contributed by atoms with E-state index in [2.05, 4.69) is 4.98 Å². The molecule has 2 aromatic carbocycles. The number of pyridine rings is 1. The maximum absolute atomic E-state index is 10.7. The monoisotopic (exact) mass is 279 g/mol. The van der Waals surface area contributed by atoms with Crippen LogP contribution in [0.5, 0.6) is 5.75 Å². The Hall–Kier alpha value is -2.39. The summed E-state index contributed by atoms with van der Waals surface area (Å²) in [6.07, 6.45) is 1.05. The summed E-state index contributed by atoms with van der Waals surface area (Å²) in [4.78, 5) is 4.30. The van der Waals surface area contributed by atoms with Gasteiger partial charge < -0.3 is 9.84 Å². The molecule has 0 aliphatic heterocycles. The summed E-state index contributed by atoms with van der Waals surface area (Å²) in [6, 6.07) is 15.5. The van der Waals surface area contributed by atoms with Crippen molar-refractivity contribution in [2.75, 3.05) is 7.11 Å². The van der Waals surface area contributed by atoms with Crippen LogP contribution in [0.1, 0.15) is 22.8 Å². The van der Waals surface area contributed by atoms with Crippen LogP contribution in [0, 0.1) is 6.92 Å². The highest BCUT2D eigenvalue weighted by Crippen LogP contribution is 2.31. The van der Waals surface area contributed by atoms with Crippen LogP contribution in [0.2, 0.25) is 0 Å². The number of fused-ring (bicyclic) bond motifs is 1. The topological polar surface area (TPSA) is 42.4 Å². The number of aliphatic hydroxyl groups excluding tert-OH is 1. The Morgan fingerprint density at radius 2 is 1.95 bits per heavy atom. The number of aliphatic hydroxyl groups is 1. The maximum Gasteiger partial charge on any atom is 0.125 e. The number of nitrogens with zero attached hydrogens (tertiary/aromatic N) is 1. The first-order valence-electron chi connectivity index (χ1n) is 6.86. The van der Waals surface area contributed by atoms with E-state index in [1.54, 1.807) is 13.3 Å². The summed E-state index contributed by atoms with van der Waals surface area (Å²) < 4.78 is 5.36. The van der Waals surface area contributed by atoms with Crippen molar-refractivity contribution in [2.24, 2.45) is 0 Å². The molecule has 0 saturated carbocycles. The Bertz CT molecular complexity index is 783. The van der Waals surface area contributed by atoms with Crippen molar-refractivity contribution in [1.82, 2.24) is 4.98 Å². The second-order valence-corrected chi connectivity index (χ2v) is 5.10. The van der Waals surface area contributed by atoms with Crippen molar-refractivity contribution in [3.63, 3.8) is 0 Å². The molecule has 0 aliphatic carbocycles. The van der Waals surface area contributed by atoms with E-state index in [-0.39, 0.29) is 0 Å². The minimum Gasteiger partial charge on any atom is -0.496 e. The van der Waals surface area contributed by atoms with Gasteiger partial charge in [0.2, 0.25) is 0 Å². The molecule has 1 unspecified atom stereocenters. The maximum atomic E-state index is 10.7. The number of aromatic nitrogens is 1. The Morgan fingerprint density at radius 1 is 1.10 bits per heavy atom. The minimum atomic E-state index is -0.718. The molecule has 1 atom stereocenters. The highest BCUT2D eigenvalue weighted by molar-refractivity contribution is 5.79. The average molecular weight is 279 g/mol. The largest absolute Gasteiger partial charge is 0.496 e. The summed E-state index contributed by atoms with van der Waals surface area (Å²) >= 11 is 0. The van der Waals surface area contributed by atoms with Crippen molar-refractivity contribution in [3.05, 3.63) is 71.4 Å². The number of aryl methyl sites for hydroxylation is 1. The minimum absolute atomic E-state index is 0.694. The second kappa shape index (κ2) is 5.54. The zero-order valence-corrected chi connectivity index (χ0v) is 12.1. The molecule has 3 nitrogen and oxygen atoms in total. The van der Waals surface area contributed by atoms with E-state index < -0.39 is 6.10 Å². The molecular weight excluding hydrogens is 262 g/mol. The Balaban J connectivity index is 2.07. The summed E-state index contributed by atoms with van der Waals surface area (Å²) in [5.74, 6) is 0.694. The lowest BCUT2D eigenvalue weighted by molar-refractivity contribution is 0.215. The van der Waals surface area contributed by atoms with Gasteiger partial charge in [-0.15, -0.1) is 0 Å². The SMILES string of the molecule is COc1ccc(C)cc1C(O)c1ccc2ncccc2c1. The molecule has 3 rings (SSSR count). The zero-order chi connectivity index (χ0) is 14.8. The molecule has 0 saturated heterocycles. The molecule has 21 heavy (non-hydrogen) atoms. The van der Waals surface area contributed by atoms with Gasteiger partial charge in [0.05, 0.1) is 12.6 Å². The fourth-order valence-corrected chi connectivity index (χ4v) is 2.51. The van der Waals surface area contributed by atoms with Gasteiger partial charge in [0.15, 0.2) is 0 Å². The number of ether oxygens (including phenoxy) is 1. The van der Waals surface area contributed by atoms with Gasteiger partial charge >= 0.3 is 0 Å². The summed E-state index contributed by atoms with van der Waals surface area (Å²) in [7, 11) is 1.62. The summed E-state index contributed by atoms with van der Waals surface area (Å²) in [5.41, 5.74) is 3.62. The molecule has 1 heterocycles. The zero-order valence-electron chi connectivity index (χ0n) is 12.1. The predicted molar refractivity (Wildman–Crippen MR) is 83.5 cm³/mol. The lowest BCUT2D eigenvalue weighted by atomic mass is 9.98. The van der Waals surface area contributed by atoms with Gasteiger partial charge in [-0.25, -0.2) is 0 Å². The van der Waals surface area contributed by atoms with E-state index in [0.29, 0.717) is 5.75 Å². The molecule has 1 aromatic heterocycles. The lowest BCUT2D eigenvalue weighted by Gasteiger charge is -2.16. The van der Waals surface area contributed by atoms with E-state index in [9.17, 15) is 5.11 Å². The van der Waals surface area contributed by atoms with Gasteiger partial charge in [0.25, 0.3) is 0 Å². The fourth-order valence-electron chi connectivity index (χ4n) is 2.51. The van der Waals surface area contributed by atoms with Crippen LogP contribution in [0.3, 0.4) is 0 Å². The molecule has 0 aliphatic rings. The van der Waals surface area contributed by atoms with E-state index in [1.807, 2.05) is 55.5 Å². The molecule has 0 radical (unpaired) electrons. The van der Waals surface area contributed by atoms with Gasteiger partial charge in [-0.2, -0.15) is 0 Å². The average Bonchev–Trinajstić information content (AvgIpc) is 2.53. The Morgan fingerprint density at radius 3 is 2.76 bits per heavy atom. The third-order valence-electron chi connectivity index (χ3n) is 3.62. The number of hydrogen-bond donors (Lipinski definition) is 1. The number of methoxy groups -OCH3 is 1. The molecule has 1 N–H and O–H groups in total. The van der Waals surface area contributed by atoms with Gasteiger partial charge in [0.1, 0.15) is 11.9 Å². The van der Waals surface area contributed by atoms with Crippen LogP contribution in [-0.4, -0.2) is 17.2 Å². The first-order chi connectivity index (χ1) is 10.2. The van der Waals surface area contributed by atoms with E-state index >= 15 is 0 Å². The molecule has 0 bridgehead atoms. The fraction of sp³-hybridized carbons (Fsp3) is 0.167. The van der Waals surface area contributed by atoms with Crippen molar-refractivity contribution < 1.29 is 9.84 Å². The normalized spacial score (nSPS) is 12.3. The van der Waals surface area contributed by atoms with Crippen LogP contribution in [0.25, 0.3) is 10.9 Å². The van der Waals surface area contributed by atoms with Crippen LogP contribution in [-0.2, 0) is 0 Å². The van der Waals surface area contributed by atoms with Gasteiger partial charge in [-0.1, -0.05) is 23.8 Å². The number of hydrogen-bond acceptors (Lipinski definition) is 3. The van der Waals surface area contributed by atoms with Gasteiger partial charge in [-0.05, 0) is 42.8 Å². The van der Waals surface area contributed by atoms with Crippen molar-refractivity contribution in [2.45, 2.75) is 13.0 Å². The highest BCUT2D eigenvalue weighted by atomic mass is 16.5. The second-order valence-electron chi connectivity index (χ2n) is 5.10. The Labute approximate surface area is 123 Å². The molecule has 0 fully saturated rings. The summed E-state index contributed by atoms with van der Waals surface area (Å²) in [5, 5.41) is 11.7. The molecule has 106 valence electrons. The van der Waals surface area contributed by atoms with Crippen LogP contribution < -0.4 is 4.74 Å². The third-order valence-corrected chi connectivity index (χ3v) is 3.62. The van der Waals surface area contributed by atoms with E-state index in [1.165, 1.54) is 0 Å². The molecule has 3 aromatic rings. The predicted octanol–water partition coefficient (Wildman–Crippen LogP) is 3.63. The summed E-state index contributed by atoms with van der Waals surface area (Å²) in [6.45, 7) is 2.00. The van der Waals surface area contributed by atoms with Crippen molar-refractivity contribution in [1.29, 1.82) is 0 Å². The van der Waals surface area contributed by atoms with Gasteiger partial charge in [0, 0.05) is 17.1 Å². The smallest absolute Gasteiger partial charge is 0.125 e. The quantitative estimate of drug-likeness (QED) is 0.796. The number of rotatable bonds is 3.